The number of aromatic nitrogens is 3. The SMILES string of the molecule is C=Cc1c2[n-]c(c1C)/C=C1\[N-]/C(=C3\c4[n-]c(c(C)c4C(=O)[C@@H]3C(=O)O)/C=c3\[n-]/c(c(C)c3CC)=C\2)[C@@H](CCC(=O)OC/C=C(\C)CCC[C@H](C)CCC[C@H](C)CCCC(C)C)[C@@H]1C.[Mg+2]. The van der Waals surface area contributed by atoms with Gasteiger partial charge in [0.2, 0.25) is 0 Å². The Morgan fingerprint density at radius 2 is 1.48 bits per heavy atom. The summed E-state index contributed by atoms with van der Waals surface area (Å²) in [5, 5.41) is 17.3. The van der Waals surface area contributed by atoms with Gasteiger partial charge in [0.15, 0.2) is 5.78 Å². The van der Waals surface area contributed by atoms with Gasteiger partial charge in [-0.05, 0) is 94.6 Å². The maximum Gasteiger partial charge on any atom is 2.00 e. The number of ether oxygens (including phenoxy) is 1. The van der Waals surface area contributed by atoms with E-state index in [0.717, 1.165) is 75.4 Å². The molecular formula is C54H70MgN4O5-2. The minimum atomic E-state index is -1.46. The molecule has 0 radical (unpaired) electrons. The molecule has 3 aliphatic rings. The van der Waals surface area contributed by atoms with Gasteiger partial charge in [-0.1, -0.05) is 151 Å². The Hall–Kier alpha value is -4.28. The van der Waals surface area contributed by atoms with Crippen LogP contribution in [-0.4, -0.2) is 52.5 Å². The topological polar surface area (TPSA) is 137 Å². The molecule has 0 aromatic carbocycles. The molecule has 8 bridgehead atoms. The second-order valence-corrected chi connectivity index (χ2v) is 19.2. The smallest absolute Gasteiger partial charge is 0.664 e. The van der Waals surface area contributed by atoms with E-state index < -0.39 is 17.7 Å². The van der Waals surface area contributed by atoms with Gasteiger partial charge in [-0.2, -0.15) is 11.4 Å². The maximum atomic E-state index is 14.1. The van der Waals surface area contributed by atoms with E-state index in [1.807, 2.05) is 51.2 Å². The average molecular weight is 879 g/mol. The van der Waals surface area contributed by atoms with Crippen molar-refractivity contribution in [3.05, 3.63) is 102 Å². The Morgan fingerprint density at radius 1 is 0.844 bits per heavy atom. The zero-order valence-corrected chi connectivity index (χ0v) is 41.7. The fourth-order valence-electron chi connectivity index (χ4n) is 9.97. The van der Waals surface area contributed by atoms with E-state index in [1.165, 1.54) is 50.5 Å². The number of aliphatic carboxylic acids is 1. The van der Waals surface area contributed by atoms with Crippen molar-refractivity contribution in [2.75, 3.05) is 6.61 Å². The van der Waals surface area contributed by atoms with Gasteiger partial charge in [0.1, 0.15) is 12.5 Å². The Bertz CT molecular complexity index is 2440. The molecule has 64 heavy (non-hydrogen) atoms. The number of rotatable bonds is 20. The van der Waals surface area contributed by atoms with Crippen LogP contribution in [0.3, 0.4) is 0 Å². The maximum absolute atomic E-state index is 14.1. The predicted molar refractivity (Wildman–Crippen MR) is 260 cm³/mol. The van der Waals surface area contributed by atoms with Crippen molar-refractivity contribution in [3.8, 4) is 0 Å². The number of ketones is 1. The minimum Gasteiger partial charge on any atom is -0.664 e. The Labute approximate surface area is 398 Å². The van der Waals surface area contributed by atoms with Crippen molar-refractivity contribution in [1.29, 1.82) is 0 Å². The Balaban J connectivity index is 0.00000771. The average Bonchev–Trinajstić information content (AvgIpc) is 3.97. The molecule has 1 aliphatic carbocycles. The first-order chi connectivity index (χ1) is 30.0. The van der Waals surface area contributed by atoms with E-state index in [1.54, 1.807) is 0 Å². The van der Waals surface area contributed by atoms with Gasteiger partial charge in [-0.25, -0.2) is 0 Å². The van der Waals surface area contributed by atoms with Crippen LogP contribution in [-0.2, 0) is 20.7 Å². The fourth-order valence-corrected chi connectivity index (χ4v) is 9.97. The van der Waals surface area contributed by atoms with Crippen molar-refractivity contribution in [2.45, 2.75) is 146 Å². The quantitative estimate of drug-likeness (QED) is 0.0513. The van der Waals surface area contributed by atoms with Crippen molar-refractivity contribution >= 4 is 70.7 Å². The fraction of sp³-hybridized carbons (Fsp3) is 0.537. The van der Waals surface area contributed by atoms with Crippen LogP contribution < -0.4 is 25.7 Å². The molecule has 6 rings (SSSR count). The Morgan fingerprint density at radius 3 is 2.12 bits per heavy atom. The van der Waals surface area contributed by atoms with Crippen molar-refractivity contribution < 1.29 is 24.2 Å². The van der Waals surface area contributed by atoms with Crippen LogP contribution in [0.15, 0.2) is 29.6 Å². The van der Waals surface area contributed by atoms with Gasteiger partial charge in [0.05, 0.1) is 0 Å². The van der Waals surface area contributed by atoms with E-state index >= 15 is 0 Å². The molecule has 0 spiro atoms. The van der Waals surface area contributed by atoms with E-state index in [2.05, 4.69) is 55.0 Å². The molecule has 5 heterocycles. The second-order valence-electron chi connectivity index (χ2n) is 19.2. The second kappa shape index (κ2) is 22.3. The van der Waals surface area contributed by atoms with Gasteiger partial charge in [0.25, 0.3) is 0 Å². The summed E-state index contributed by atoms with van der Waals surface area (Å²) in [6.45, 7) is 25.8. The van der Waals surface area contributed by atoms with Gasteiger partial charge >= 0.3 is 35.0 Å². The molecule has 5 atom stereocenters. The Kier molecular flexibility index (Phi) is 17.6. The number of carbonyl (C=O) groups is 3. The summed E-state index contributed by atoms with van der Waals surface area (Å²) < 4.78 is 5.74. The summed E-state index contributed by atoms with van der Waals surface area (Å²) in [5.41, 5.74) is 9.99. The molecule has 1 fully saturated rings. The van der Waals surface area contributed by atoms with E-state index in [9.17, 15) is 19.5 Å². The van der Waals surface area contributed by atoms with Crippen LogP contribution in [0.4, 0.5) is 0 Å². The number of carboxylic acids is 1. The molecule has 2 aliphatic heterocycles. The van der Waals surface area contributed by atoms with Crippen LogP contribution in [0.25, 0.3) is 35.2 Å². The number of carbonyl (C=O) groups excluding carboxylic acids is 2. The molecule has 1 N–H and O–H groups in total. The van der Waals surface area contributed by atoms with Crippen LogP contribution in [0.5, 0.6) is 0 Å². The predicted octanol–water partition coefficient (Wildman–Crippen LogP) is 10.3. The molecule has 0 amide bonds. The standard InChI is InChI=1S/C54H72N4O5.Mg/c1-12-38-34(8)41-27-43-36(10)40(23-24-47(59)63-26-25-33(7)22-16-21-32(6)20-15-19-31(5)18-14-17-30(3)4)51(57-43)49-50(54(61)62)53(60)48-37(11)44(58-52(48)49)29-46-39(13-2)35(9)42(56-46)28-45(38)55-41;/h12,25,27-32,36,40,50H,1,13-24,26H2,2-11H3,(H3,57,58,60,61,62);/q-2;+2/p-2/b33-25+,42-28-,43-27-,46-29-;/t31-,32-,36+,40+,50-;/m1./s1. The first-order valence-electron chi connectivity index (χ1n) is 23.6. The number of hydrogen-bond donors (Lipinski definition) is 1. The molecule has 340 valence electrons. The third-order valence-corrected chi connectivity index (χ3v) is 14.0. The molecule has 1 saturated heterocycles. The number of hydrogen-bond acceptors (Lipinski definition) is 4. The largest absolute Gasteiger partial charge is 2.00 e. The third-order valence-electron chi connectivity index (χ3n) is 14.0. The van der Waals surface area contributed by atoms with Crippen LogP contribution >= 0.6 is 0 Å². The number of Topliss-reactive ketones (excluding diaryl/α,β-unsaturated/α-hetero) is 1. The van der Waals surface area contributed by atoms with E-state index in [-0.39, 0.29) is 53.9 Å². The third kappa shape index (κ3) is 11.2. The van der Waals surface area contributed by atoms with Crippen molar-refractivity contribution in [1.82, 2.24) is 15.0 Å². The molecule has 10 heteroatoms. The van der Waals surface area contributed by atoms with Crippen LogP contribution in [0.2, 0.25) is 0 Å². The first-order valence-corrected chi connectivity index (χ1v) is 23.6. The van der Waals surface area contributed by atoms with Gasteiger partial charge in [-0.15, -0.1) is 33.5 Å². The van der Waals surface area contributed by atoms with Crippen molar-refractivity contribution in [3.63, 3.8) is 0 Å². The molecular weight excluding hydrogens is 809 g/mol. The summed E-state index contributed by atoms with van der Waals surface area (Å²) in [5.74, 6) is -1.82. The van der Waals surface area contributed by atoms with Crippen LogP contribution in [0, 0.1) is 56.3 Å². The van der Waals surface area contributed by atoms with E-state index in [0.29, 0.717) is 51.8 Å². The number of carboxylic acid groups (broad SMARTS) is 1. The van der Waals surface area contributed by atoms with E-state index in [4.69, 9.17) is 25.0 Å². The van der Waals surface area contributed by atoms with Gasteiger partial charge in [-0.3, -0.25) is 14.4 Å². The zero-order chi connectivity index (χ0) is 45.7. The summed E-state index contributed by atoms with van der Waals surface area (Å²) in [4.78, 5) is 55.6. The number of allylic oxidation sites excluding steroid dienone is 3. The number of nitrogens with zero attached hydrogens (tertiary/aromatic N) is 4. The normalized spacial score (nSPS) is 21.9. The van der Waals surface area contributed by atoms with Gasteiger partial charge < -0.3 is 30.1 Å². The first kappa shape index (κ1) is 50.7. The molecule has 3 aromatic heterocycles. The molecule has 0 saturated carbocycles. The summed E-state index contributed by atoms with van der Waals surface area (Å²) in [6, 6.07) is 0. The zero-order valence-electron chi connectivity index (χ0n) is 40.3. The number of esters is 1. The molecule has 3 aromatic rings. The molecule has 0 unspecified atom stereocenters. The summed E-state index contributed by atoms with van der Waals surface area (Å²) in [7, 11) is 0. The monoisotopic (exact) mass is 879 g/mol. The van der Waals surface area contributed by atoms with Crippen molar-refractivity contribution in [2.24, 2.45) is 35.5 Å². The minimum absolute atomic E-state index is 0. The van der Waals surface area contributed by atoms with Crippen LogP contribution in [0.1, 0.15) is 180 Å². The summed E-state index contributed by atoms with van der Waals surface area (Å²) in [6.07, 6.45) is 22.1. The molecule has 9 nitrogen and oxygen atoms in total. The number of fused-ring (bicyclic) bond motifs is 7. The summed E-state index contributed by atoms with van der Waals surface area (Å²) >= 11 is 0. The van der Waals surface area contributed by atoms with Gasteiger partial charge in [0, 0.05) is 12.0 Å².